The van der Waals surface area contributed by atoms with E-state index in [1.54, 1.807) is 22.8 Å². The predicted octanol–water partition coefficient (Wildman–Crippen LogP) is 0.161. The lowest BCUT2D eigenvalue weighted by molar-refractivity contribution is -0.127. The number of hydrogen-bond acceptors (Lipinski definition) is 3. The van der Waals surface area contributed by atoms with E-state index >= 15 is 0 Å². The van der Waals surface area contributed by atoms with Crippen LogP contribution in [0.5, 0.6) is 0 Å². The second-order valence-electron chi connectivity index (χ2n) is 4.60. The van der Waals surface area contributed by atoms with Crippen molar-refractivity contribution < 1.29 is 9.59 Å². The Balaban J connectivity index is 1.94. The first-order chi connectivity index (χ1) is 8.61. The summed E-state index contributed by atoms with van der Waals surface area (Å²) in [5, 5.41) is 2.88. The lowest BCUT2D eigenvalue weighted by atomic mass is 10.2. The molecule has 0 bridgehead atoms. The molecule has 0 unspecified atom stereocenters. The van der Waals surface area contributed by atoms with Crippen LogP contribution in [0.1, 0.15) is 30.3 Å². The lowest BCUT2D eigenvalue weighted by Crippen LogP contribution is -2.38. The molecule has 1 aliphatic rings. The Hall–Kier alpha value is -1.85. The van der Waals surface area contributed by atoms with Crippen molar-refractivity contribution in [3.8, 4) is 0 Å². The van der Waals surface area contributed by atoms with Crippen LogP contribution in [0.3, 0.4) is 0 Å². The van der Waals surface area contributed by atoms with Crippen LogP contribution in [0, 0.1) is 0 Å². The molecule has 6 nitrogen and oxygen atoms in total. The Morgan fingerprint density at radius 2 is 2.39 bits per heavy atom. The monoisotopic (exact) mass is 250 g/mol. The maximum atomic E-state index is 12.0. The minimum atomic E-state index is -0.175. The van der Waals surface area contributed by atoms with Gasteiger partial charge in [-0.25, -0.2) is 4.98 Å². The first-order valence-electron chi connectivity index (χ1n) is 6.16. The van der Waals surface area contributed by atoms with Crippen molar-refractivity contribution >= 4 is 11.8 Å². The van der Waals surface area contributed by atoms with Gasteiger partial charge in [-0.15, -0.1) is 0 Å². The van der Waals surface area contributed by atoms with E-state index in [1.807, 2.05) is 6.92 Å². The second kappa shape index (κ2) is 5.20. The van der Waals surface area contributed by atoms with Crippen molar-refractivity contribution in [3.05, 3.63) is 18.2 Å². The number of imidazole rings is 1. The van der Waals surface area contributed by atoms with E-state index in [0.29, 0.717) is 18.7 Å². The molecule has 1 atom stereocenters. The van der Waals surface area contributed by atoms with Crippen LogP contribution in [0.15, 0.2) is 12.5 Å². The number of aromatic nitrogens is 2. The van der Waals surface area contributed by atoms with E-state index in [2.05, 4.69) is 10.3 Å². The molecule has 1 aliphatic heterocycles. The summed E-state index contributed by atoms with van der Waals surface area (Å²) in [7, 11) is 1.77. The molecule has 0 saturated carbocycles. The highest BCUT2D eigenvalue weighted by molar-refractivity contribution is 5.93. The van der Waals surface area contributed by atoms with Crippen molar-refractivity contribution in [2.75, 3.05) is 13.1 Å². The van der Waals surface area contributed by atoms with E-state index in [9.17, 15) is 9.59 Å². The smallest absolute Gasteiger partial charge is 0.269 e. The van der Waals surface area contributed by atoms with Gasteiger partial charge in [-0.2, -0.15) is 0 Å². The zero-order valence-electron chi connectivity index (χ0n) is 10.7. The van der Waals surface area contributed by atoms with Crippen LogP contribution in [0.2, 0.25) is 0 Å². The average Bonchev–Trinajstić information content (AvgIpc) is 2.87. The Kier molecular flexibility index (Phi) is 3.64. The highest BCUT2D eigenvalue weighted by Crippen LogP contribution is 2.12. The largest absolute Gasteiger partial charge is 0.346 e. The maximum absolute atomic E-state index is 12.0. The number of hydrogen-bond donors (Lipinski definition) is 1. The molecule has 0 spiro atoms. The third-order valence-corrected chi connectivity index (χ3v) is 3.09. The van der Waals surface area contributed by atoms with E-state index < -0.39 is 0 Å². The Bertz CT molecular complexity index is 455. The van der Waals surface area contributed by atoms with Gasteiger partial charge in [0.1, 0.15) is 5.69 Å². The number of rotatable bonds is 4. The van der Waals surface area contributed by atoms with Crippen LogP contribution in [-0.4, -0.2) is 45.4 Å². The minimum absolute atomic E-state index is 0.0913. The van der Waals surface area contributed by atoms with Crippen LogP contribution in [0.4, 0.5) is 0 Å². The van der Waals surface area contributed by atoms with Gasteiger partial charge in [0, 0.05) is 26.6 Å². The van der Waals surface area contributed by atoms with Crippen LogP contribution in [0.25, 0.3) is 0 Å². The molecule has 1 aromatic rings. The molecule has 2 heterocycles. The molecule has 98 valence electrons. The van der Waals surface area contributed by atoms with Gasteiger partial charge in [0.15, 0.2) is 0 Å². The quantitative estimate of drug-likeness (QED) is 0.827. The van der Waals surface area contributed by atoms with E-state index in [-0.39, 0.29) is 17.9 Å². The number of aryl methyl sites for hydroxylation is 1. The first kappa shape index (κ1) is 12.6. The van der Waals surface area contributed by atoms with Gasteiger partial charge < -0.3 is 14.8 Å². The summed E-state index contributed by atoms with van der Waals surface area (Å²) in [4.78, 5) is 29.3. The summed E-state index contributed by atoms with van der Waals surface area (Å²) in [5.41, 5.74) is 0.511. The summed E-state index contributed by atoms with van der Waals surface area (Å²) in [6.07, 6.45) is 4.44. The lowest BCUT2D eigenvalue weighted by Gasteiger charge is -2.15. The number of carbonyl (C=O) groups excluding carboxylic acids is 2. The van der Waals surface area contributed by atoms with E-state index in [0.717, 1.165) is 13.0 Å². The van der Waals surface area contributed by atoms with Gasteiger partial charge in [0.05, 0.1) is 18.6 Å². The molecule has 2 amide bonds. The highest BCUT2D eigenvalue weighted by atomic mass is 16.2. The summed E-state index contributed by atoms with van der Waals surface area (Å²) in [5.74, 6) is -0.0571. The fraction of sp³-hybridized carbons (Fsp3) is 0.583. The summed E-state index contributed by atoms with van der Waals surface area (Å²) >= 11 is 0. The molecule has 1 N–H and O–H groups in total. The molecular formula is C12H18N4O2. The van der Waals surface area contributed by atoms with Gasteiger partial charge in [0.25, 0.3) is 5.91 Å². The van der Waals surface area contributed by atoms with E-state index in [4.69, 9.17) is 0 Å². The summed E-state index contributed by atoms with van der Waals surface area (Å²) < 4.78 is 1.66. The zero-order chi connectivity index (χ0) is 13.1. The molecule has 18 heavy (non-hydrogen) atoms. The molecule has 1 aromatic heterocycles. The molecule has 2 rings (SSSR count). The van der Waals surface area contributed by atoms with Gasteiger partial charge >= 0.3 is 0 Å². The zero-order valence-corrected chi connectivity index (χ0v) is 10.7. The Labute approximate surface area is 106 Å². The average molecular weight is 250 g/mol. The molecule has 0 aromatic carbocycles. The highest BCUT2D eigenvalue weighted by Gasteiger charge is 2.30. The van der Waals surface area contributed by atoms with Crippen molar-refractivity contribution in [1.29, 1.82) is 0 Å². The number of nitrogens with zero attached hydrogens (tertiary/aromatic N) is 3. The normalized spacial score (nSPS) is 19.3. The van der Waals surface area contributed by atoms with Gasteiger partial charge in [-0.3, -0.25) is 9.59 Å². The SMILES string of the molecule is CCCN1C[C@H](NC(=O)c2cncn2C)CC1=O. The number of likely N-dealkylation sites (tertiary alicyclic amines) is 1. The van der Waals surface area contributed by atoms with E-state index in [1.165, 1.54) is 6.20 Å². The Morgan fingerprint density at radius 1 is 1.61 bits per heavy atom. The van der Waals surface area contributed by atoms with Crippen LogP contribution >= 0.6 is 0 Å². The van der Waals surface area contributed by atoms with Crippen molar-refractivity contribution in [2.45, 2.75) is 25.8 Å². The third kappa shape index (κ3) is 2.52. The number of carbonyl (C=O) groups is 2. The molecule has 1 fully saturated rings. The number of amides is 2. The topological polar surface area (TPSA) is 67.2 Å². The molecule has 1 saturated heterocycles. The van der Waals surface area contributed by atoms with Crippen molar-refractivity contribution in [2.24, 2.45) is 7.05 Å². The minimum Gasteiger partial charge on any atom is -0.346 e. The molecule has 0 radical (unpaired) electrons. The standard InChI is InChI=1S/C12H18N4O2/c1-3-4-16-7-9(5-11(16)17)14-12(18)10-6-13-8-15(10)2/h6,8-9H,3-5,7H2,1-2H3,(H,14,18)/t9-/m1/s1. The van der Waals surface area contributed by atoms with Gasteiger partial charge in [-0.1, -0.05) is 6.92 Å². The second-order valence-corrected chi connectivity index (χ2v) is 4.60. The summed E-state index contributed by atoms with van der Waals surface area (Å²) in [6, 6.07) is -0.0913. The number of nitrogens with one attached hydrogen (secondary N) is 1. The van der Waals surface area contributed by atoms with Gasteiger partial charge in [0.2, 0.25) is 5.91 Å². The maximum Gasteiger partial charge on any atom is 0.269 e. The fourth-order valence-corrected chi connectivity index (χ4v) is 2.19. The van der Waals surface area contributed by atoms with Crippen LogP contribution in [-0.2, 0) is 11.8 Å². The van der Waals surface area contributed by atoms with Crippen molar-refractivity contribution in [1.82, 2.24) is 19.8 Å². The molecular weight excluding hydrogens is 232 g/mol. The summed E-state index contributed by atoms with van der Waals surface area (Å²) in [6.45, 7) is 3.40. The Morgan fingerprint density at radius 3 is 3.00 bits per heavy atom. The predicted molar refractivity (Wildman–Crippen MR) is 66.0 cm³/mol. The third-order valence-electron chi connectivity index (χ3n) is 3.09. The van der Waals surface area contributed by atoms with Gasteiger partial charge in [-0.05, 0) is 6.42 Å². The van der Waals surface area contributed by atoms with Crippen LogP contribution < -0.4 is 5.32 Å². The molecule has 6 heteroatoms. The molecule has 0 aliphatic carbocycles. The van der Waals surface area contributed by atoms with Crippen molar-refractivity contribution in [3.63, 3.8) is 0 Å². The first-order valence-corrected chi connectivity index (χ1v) is 6.16. The fourth-order valence-electron chi connectivity index (χ4n) is 2.19.